The molecule has 3 amide bonds. The van der Waals surface area contributed by atoms with Crippen LogP contribution in [0, 0.1) is 6.92 Å². The van der Waals surface area contributed by atoms with E-state index in [9.17, 15) is 14.4 Å². The van der Waals surface area contributed by atoms with Crippen LogP contribution >= 0.6 is 15.9 Å². The third-order valence-corrected chi connectivity index (χ3v) is 6.39. The smallest absolute Gasteiger partial charge is 0.246 e. The van der Waals surface area contributed by atoms with Crippen LogP contribution in [0.5, 0.6) is 0 Å². The van der Waals surface area contributed by atoms with Crippen LogP contribution in [0.25, 0.3) is 0 Å². The molecule has 0 aliphatic heterocycles. The number of rotatable bonds is 13. The van der Waals surface area contributed by atoms with Gasteiger partial charge in [-0.2, -0.15) is 0 Å². The maximum absolute atomic E-state index is 13.1. The van der Waals surface area contributed by atoms with Crippen LogP contribution in [-0.2, 0) is 20.8 Å². The Morgan fingerprint density at radius 2 is 1.66 bits per heavy atom. The highest BCUT2D eigenvalue weighted by molar-refractivity contribution is 9.10. The molecule has 0 unspecified atom stereocenters. The first kappa shape index (κ1) is 28.4. The van der Waals surface area contributed by atoms with Crippen molar-refractivity contribution in [2.45, 2.75) is 38.3 Å². The number of halogens is 1. The molecule has 2 rings (SSSR count). The van der Waals surface area contributed by atoms with Gasteiger partial charge in [-0.25, -0.2) is 0 Å². The molecule has 0 bridgehead atoms. The Hall–Kier alpha value is -2.79. The van der Waals surface area contributed by atoms with Crippen molar-refractivity contribution in [2.75, 3.05) is 31.5 Å². The second kappa shape index (κ2) is 14.6. The monoisotopic (exact) mass is 546 g/mol. The third kappa shape index (κ3) is 9.41. The number of amides is 3. The number of hydrogen-bond donors (Lipinski definition) is 5. The Kier molecular flexibility index (Phi) is 11.8. The number of carbonyl (C=O) groups excluding carboxylic acids is 3. The van der Waals surface area contributed by atoms with E-state index in [0.717, 1.165) is 15.6 Å². The molecule has 0 saturated heterocycles. The first-order chi connectivity index (χ1) is 16.7. The summed E-state index contributed by atoms with van der Waals surface area (Å²) in [5.41, 5.74) is 19.8. The molecule has 9 nitrogen and oxygen atoms in total. The first-order valence-corrected chi connectivity index (χ1v) is 12.4. The number of aryl methyl sites for hydroxylation is 2. The zero-order valence-electron chi connectivity index (χ0n) is 20.0. The lowest BCUT2D eigenvalue weighted by Crippen LogP contribution is -2.52. The molecule has 35 heavy (non-hydrogen) atoms. The fourth-order valence-electron chi connectivity index (χ4n) is 3.54. The first-order valence-electron chi connectivity index (χ1n) is 11.6. The lowest BCUT2D eigenvalue weighted by molar-refractivity contribution is -0.134. The predicted molar refractivity (Wildman–Crippen MR) is 141 cm³/mol. The molecule has 2 aromatic carbocycles. The summed E-state index contributed by atoms with van der Waals surface area (Å²) in [4.78, 5) is 40.0. The average molecular weight is 547 g/mol. The van der Waals surface area contributed by atoms with Crippen molar-refractivity contribution in [1.82, 2.24) is 10.2 Å². The lowest BCUT2D eigenvalue weighted by Gasteiger charge is -2.24. The summed E-state index contributed by atoms with van der Waals surface area (Å²) in [5, 5.41) is 5.60. The van der Waals surface area contributed by atoms with Crippen molar-refractivity contribution < 1.29 is 14.4 Å². The van der Waals surface area contributed by atoms with E-state index in [1.165, 1.54) is 4.90 Å². The van der Waals surface area contributed by atoms with Crippen molar-refractivity contribution >= 4 is 39.3 Å². The number of carbonyl (C=O) groups is 3. The summed E-state index contributed by atoms with van der Waals surface area (Å²) in [6.07, 6.45) is 0.739. The second-order valence-electron chi connectivity index (χ2n) is 8.31. The quantitative estimate of drug-likeness (QED) is 0.254. The van der Waals surface area contributed by atoms with E-state index < -0.39 is 18.0 Å². The summed E-state index contributed by atoms with van der Waals surface area (Å²) >= 11 is 3.44. The molecule has 0 saturated carbocycles. The van der Waals surface area contributed by atoms with Crippen molar-refractivity contribution in [3.05, 3.63) is 64.1 Å². The maximum Gasteiger partial charge on any atom is 0.246 e. The molecule has 0 aliphatic carbocycles. The highest BCUT2D eigenvalue weighted by Gasteiger charge is 2.26. The fraction of sp³-hybridized carbons (Fsp3) is 0.400. The standard InChI is InChI=1S/C25H35BrN6O3/c1-17-15-19(8-9-20(17)26)30-25(35)22(10-7-18-5-3-2-4-6-18)31-24(34)21(29)16-23(33)32(13-11-27)14-12-28/h2-6,8-9,15,21-22H,7,10-14,16,27-29H2,1H3,(H,30,35)(H,31,34)/t21-,22-/m0/s1. The van der Waals surface area contributed by atoms with E-state index in [0.29, 0.717) is 31.6 Å². The lowest BCUT2D eigenvalue weighted by atomic mass is 10.0. The molecule has 2 aromatic rings. The zero-order valence-corrected chi connectivity index (χ0v) is 21.6. The van der Waals surface area contributed by atoms with Gasteiger partial charge in [0.25, 0.3) is 0 Å². The number of benzene rings is 2. The molecular weight excluding hydrogens is 512 g/mol. The van der Waals surface area contributed by atoms with Crippen LogP contribution < -0.4 is 27.8 Å². The minimum atomic E-state index is -1.11. The number of nitrogens with two attached hydrogens (primary N) is 3. The summed E-state index contributed by atoms with van der Waals surface area (Å²) in [6, 6.07) is 13.2. The van der Waals surface area contributed by atoms with Gasteiger partial charge in [-0.05, 0) is 49.1 Å². The number of nitrogens with one attached hydrogen (secondary N) is 2. The Balaban J connectivity index is 2.09. The van der Waals surface area contributed by atoms with Gasteiger partial charge in [-0.15, -0.1) is 0 Å². The molecule has 0 radical (unpaired) electrons. The van der Waals surface area contributed by atoms with Crippen molar-refractivity contribution in [3.8, 4) is 0 Å². The summed E-state index contributed by atoms with van der Waals surface area (Å²) in [6.45, 7) is 3.15. The Morgan fingerprint density at radius 3 is 2.26 bits per heavy atom. The van der Waals surface area contributed by atoms with E-state index in [-0.39, 0.29) is 31.3 Å². The molecule has 190 valence electrons. The molecular formula is C25H35BrN6O3. The largest absolute Gasteiger partial charge is 0.343 e. The van der Waals surface area contributed by atoms with E-state index in [1.807, 2.05) is 49.4 Å². The highest BCUT2D eigenvalue weighted by Crippen LogP contribution is 2.20. The van der Waals surface area contributed by atoms with Gasteiger partial charge in [-0.1, -0.05) is 46.3 Å². The molecule has 0 fully saturated rings. The van der Waals surface area contributed by atoms with Crippen molar-refractivity contribution in [2.24, 2.45) is 17.2 Å². The Labute approximate surface area is 214 Å². The second-order valence-corrected chi connectivity index (χ2v) is 9.16. The molecule has 2 atom stereocenters. The minimum Gasteiger partial charge on any atom is -0.343 e. The SMILES string of the molecule is Cc1cc(NC(=O)[C@H](CCc2ccccc2)NC(=O)[C@@H](N)CC(=O)N(CCN)CCN)ccc1Br. The van der Waals surface area contributed by atoms with E-state index >= 15 is 0 Å². The van der Waals surface area contributed by atoms with Crippen LogP contribution in [0.4, 0.5) is 5.69 Å². The van der Waals surface area contributed by atoms with E-state index in [4.69, 9.17) is 17.2 Å². The third-order valence-electron chi connectivity index (χ3n) is 5.51. The minimum absolute atomic E-state index is 0.204. The zero-order chi connectivity index (χ0) is 25.8. The van der Waals surface area contributed by atoms with Gasteiger partial charge < -0.3 is 32.7 Å². The van der Waals surface area contributed by atoms with Gasteiger partial charge in [0.2, 0.25) is 17.7 Å². The van der Waals surface area contributed by atoms with Gasteiger partial charge >= 0.3 is 0 Å². The van der Waals surface area contributed by atoms with Crippen molar-refractivity contribution in [3.63, 3.8) is 0 Å². The summed E-state index contributed by atoms with van der Waals surface area (Å²) < 4.78 is 0.929. The van der Waals surface area contributed by atoms with Crippen LogP contribution in [0.1, 0.15) is 24.0 Å². The van der Waals surface area contributed by atoms with Gasteiger partial charge in [0.1, 0.15) is 6.04 Å². The van der Waals surface area contributed by atoms with Crippen LogP contribution in [0.3, 0.4) is 0 Å². The molecule has 0 aliphatic rings. The molecule has 10 heteroatoms. The fourth-order valence-corrected chi connectivity index (χ4v) is 3.78. The predicted octanol–water partition coefficient (Wildman–Crippen LogP) is 1.28. The normalized spacial score (nSPS) is 12.5. The van der Waals surface area contributed by atoms with Gasteiger partial charge in [0.15, 0.2) is 0 Å². The van der Waals surface area contributed by atoms with Gasteiger partial charge in [-0.3, -0.25) is 14.4 Å². The van der Waals surface area contributed by atoms with Gasteiger partial charge in [0, 0.05) is 36.3 Å². The van der Waals surface area contributed by atoms with Gasteiger partial charge in [0.05, 0.1) is 12.5 Å². The van der Waals surface area contributed by atoms with E-state index in [2.05, 4.69) is 26.6 Å². The molecule has 8 N–H and O–H groups in total. The molecule has 0 aromatic heterocycles. The molecule has 0 heterocycles. The summed E-state index contributed by atoms with van der Waals surface area (Å²) in [5.74, 6) is -1.24. The average Bonchev–Trinajstić information content (AvgIpc) is 2.84. The Bertz CT molecular complexity index is 982. The number of anilines is 1. The topological polar surface area (TPSA) is 157 Å². The summed E-state index contributed by atoms with van der Waals surface area (Å²) in [7, 11) is 0. The van der Waals surface area contributed by atoms with Crippen LogP contribution in [0.2, 0.25) is 0 Å². The maximum atomic E-state index is 13.1. The van der Waals surface area contributed by atoms with E-state index in [1.54, 1.807) is 6.07 Å². The van der Waals surface area contributed by atoms with Crippen LogP contribution in [-0.4, -0.2) is 60.9 Å². The number of hydrogen-bond acceptors (Lipinski definition) is 6. The highest BCUT2D eigenvalue weighted by atomic mass is 79.9. The number of nitrogens with zero attached hydrogens (tertiary/aromatic N) is 1. The van der Waals surface area contributed by atoms with Crippen LogP contribution in [0.15, 0.2) is 53.0 Å². The Morgan fingerprint density at radius 1 is 1.00 bits per heavy atom. The van der Waals surface area contributed by atoms with Crippen molar-refractivity contribution in [1.29, 1.82) is 0 Å². The molecule has 0 spiro atoms.